The van der Waals surface area contributed by atoms with Crippen molar-refractivity contribution in [1.82, 2.24) is 19.7 Å². The number of hydrogen-bond acceptors (Lipinski definition) is 3. The summed E-state index contributed by atoms with van der Waals surface area (Å²) in [5.41, 5.74) is 2.79. The second-order valence-corrected chi connectivity index (χ2v) is 7.25. The van der Waals surface area contributed by atoms with Gasteiger partial charge in [0.25, 0.3) is 0 Å². The quantitative estimate of drug-likeness (QED) is 0.704. The fourth-order valence-corrected chi connectivity index (χ4v) is 4.07. The van der Waals surface area contributed by atoms with Gasteiger partial charge in [-0.15, -0.1) is 10.2 Å². The molecule has 0 saturated carbocycles. The third-order valence-electron chi connectivity index (χ3n) is 5.54. The average Bonchev–Trinajstić information content (AvgIpc) is 3.14. The molecule has 2 aromatic carbocycles. The van der Waals surface area contributed by atoms with Gasteiger partial charge in [-0.1, -0.05) is 60.7 Å². The van der Waals surface area contributed by atoms with Gasteiger partial charge in [-0.3, -0.25) is 0 Å². The second kappa shape index (κ2) is 7.83. The first-order valence-corrected chi connectivity index (χ1v) is 9.47. The van der Waals surface area contributed by atoms with Crippen LogP contribution in [0.2, 0.25) is 0 Å². The molecule has 0 spiro atoms. The molecule has 134 valence electrons. The second-order valence-electron chi connectivity index (χ2n) is 7.25. The van der Waals surface area contributed by atoms with Crippen LogP contribution < -0.4 is 0 Å². The monoisotopic (exact) mass is 346 g/mol. The lowest BCUT2D eigenvalue weighted by atomic mass is 9.89. The van der Waals surface area contributed by atoms with E-state index in [0.717, 1.165) is 38.3 Å². The SMILES string of the molecule is Cn1cnnc1C1CCN(CC(c2ccccc2)c2ccccc2)CC1. The lowest BCUT2D eigenvalue weighted by molar-refractivity contribution is 0.202. The molecule has 4 nitrogen and oxygen atoms in total. The van der Waals surface area contributed by atoms with Crippen LogP contribution in [0.1, 0.15) is 41.6 Å². The molecule has 4 heteroatoms. The van der Waals surface area contributed by atoms with Gasteiger partial charge in [-0.05, 0) is 37.1 Å². The normalized spacial score (nSPS) is 16.2. The standard InChI is InChI=1S/C22H26N4/c1-25-17-23-24-22(25)20-12-14-26(15-13-20)16-21(18-8-4-2-5-9-18)19-10-6-3-7-11-19/h2-11,17,20-21H,12-16H2,1H3. The predicted octanol–water partition coefficient (Wildman–Crippen LogP) is 3.83. The molecule has 0 atom stereocenters. The highest BCUT2D eigenvalue weighted by molar-refractivity contribution is 5.32. The topological polar surface area (TPSA) is 34.0 Å². The lowest BCUT2D eigenvalue weighted by Gasteiger charge is -2.34. The maximum absolute atomic E-state index is 4.32. The molecular formula is C22H26N4. The van der Waals surface area contributed by atoms with Crippen LogP contribution in [0.4, 0.5) is 0 Å². The first-order chi connectivity index (χ1) is 12.8. The Morgan fingerprint density at radius 1 is 0.923 bits per heavy atom. The minimum absolute atomic E-state index is 0.420. The molecule has 0 N–H and O–H groups in total. The van der Waals surface area contributed by atoms with E-state index in [1.54, 1.807) is 0 Å². The molecule has 3 aromatic rings. The van der Waals surface area contributed by atoms with Crippen LogP contribution in [0, 0.1) is 0 Å². The molecule has 1 saturated heterocycles. The Labute approximate surface area is 155 Å². The first-order valence-electron chi connectivity index (χ1n) is 9.47. The van der Waals surface area contributed by atoms with E-state index in [0.29, 0.717) is 11.8 Å². The van der Waals surface area contributed by atoms with E-state index in [9.17, 15) is 0 Å². The maximum Gasteiger partial charge on any atom is 0.135 e. The summed E-state index contributed by atoms with van der Waals surface area (Å²) in [6.07, 6.45) is 4.12. The number of piperidine rings is 1. The van der Waals surface area contributed by atoms with Gasteiger partial charge in [-0.2, -0.15) is 0 Å². The first kappa shape index (κ1) is 17.0. The van der Waals surface area contributed by atoms with Crippen molar-refractivity contribution in [3.63, 3.8) is 0 Å². The summed E-state index contributed by atoms with van der Waals surface area (Å²) >= 11 is 0. The molecule has 1 fully saturated rings. The zero-order valence-corrected chi connectivity index (χ0v) is 15.3. The fraction of sp³-hybridized carbons (Fsp3) is 0.364. The van der Waals surface area contributed by atoms with Crippen molar-refractivity contribution in [2.45, 2.75) is 24.7 Å². The zero-order chi connectivity index (χ0) is 17.8. The summed E-state index contributed by atoms with van der Waals surface area (Å²) in [5.74, 6) is 2.08. The molecule has 1 aliphatic rings. The number of benzene rings is 2. The van der Waals surface area contributed by atoms with E-state index in [1.165, 1.54) is 11.1 Å². The Kier molecular flexibility index (Phi) is 5.12. The Hall–Kier alpha value is -2.46. The van der Waals surface area contributed by atoms with Crippen LogP contribution in [0.25, 0.3) is 0 Å². The smallest absolute Gasteiger partial charge is 0.135 e. The van der Waals surface area contributed by atoms with Gasteiger partial charge >= 0.3 is 0 Å². The van der Waals surface area contributed by atoms with E-state index in [1.807, 2.05) is 13.4 Å². The molecular weight excluding hydrogens is 320 g/mol. The molecule has 1 aliphatic heterocycles. The Morgan fingerprint density at radius 3 is 2.00 bits per heavy atom. The van der Waals surface area contributed by atoms with Crippen LogP contribution in [0.15, 0.2) is 67.0 Å². The minimum Gasteiger partial charge on any atom is -0.320 e. The summed E-state index contributed by atoms with van der Waals surface area (Å²) < 4.78 is 2.07. The van der Waals surface area contributed by atoms with Crippen LogP contribution in [0.3, 0.4) is 0 Å². The highest BCUT2D eigenvalue weighted by Crippen LogP contribution is 2.30. The maximum atomic E-state index is 4.32. The summed E-state index contributed by atoms with van der Waals surface area (Å²) in [5, 5.41) is 8.36. The Bertz CT molecular complexity index is 765. The molecule has 2 heterocycles. The summed E-state index contributed by atoms with van der Waals surface area (Å²) in [4.78, 5) is 2.61. The highest BCUT2D eigenvalue weighted by Gasteiger charge is 2.26. The average molecular weight is 346 g/mol. The highest BCUT2D eigenvalue weighted by atomic mass is 15.3. The van der Waals surface area contributed by atoms with Gasteiger partial charge in [0.05, 0.1) is 0 Å². The van der Waals surface area contributed by atoms with Crippen molar-refractivity contribution in [1.29, 1.82) is 0 Å². The minimum atomic E-state index is 0.420. The van der Waals surface area contributed by atoms with Crippen molar-refractivity contribution in [3.05, 3.63) is 83.9 Å². The predicted molar refractivity (Wildman–Crippen MR) is 104 cm³/mol. The fourth-order valence-electron chi connectivity index (χ4n) is 4.07. The van der Waals surface area contributed by atoms with E-state index < -0.39 is 0 Å². The van der Waals surface area contributed by atoms with Crippen molar-refractivity contribution in [2.24, 2.45) is 7.05 Å². The van der Waals surface area contributed by atoms with Crippen LogP contribution in [-0.2, 0) is 7.05 Å². The number of likely N-dealkylation sites (tertiary alicyclic amines) is 1. The van der Waals surface area contributed by atoms with Crippen LogP contribution >= 0.6 is 0 Å². The summed E-state index contributed by atoms with van der Waals surface area (Å²) in [7, 11) is 2.04. The van der Waals surface area contributed by atoms with Crippen molar-refractivity contribution in [3.8, 4) is 0 Å². The molecule has 0 bridgehead atoms. The van der Waals surface area contributed by atoms with E-state index in [2.05, 4.69) is 80.3 Å². The van der Waals surface area contributed by atoms with Crippen LogP contribution in [-0.4, -0.2) is 39.3 Å². The molecule has 4 rings (SSSR count). The van der Waals surface area contributed by atoms with Crippen molar-refractivity contribution < 1.29 is 0 Å². The lowest BCUT2D eigenvalue weighted by Crippen LogP contribution is -2.36. The largest absolute Gasteiger partial charge is 0.320 e. The van der Waals surface area contributed by atoms with Gasteiger partial charge in [0.2, 0.25) is 0 Å². The molecule has 0 unspecified atom stereocenters. The van der Waals surface area contributed by atoms with E-state index >= 15 is 0 Å². The third-order valence-corrected chi connectivity index (χ3v) is 5.54. The zero-order valence-electron chi connectivity index (χ0n) is 15.3. The molecule has 1 aromatic heterocycles. The van der Waals surface area contributed by atoms with Gasteiger partial charge in [-0.25, -0.2) is 0 Å². The Morgan fingerprint density at radius 2 is 1.50 bits per heavy atom. The third kappa shape index (κ3) is 3.70. The molecule has 0 amide bonds. The van der Waals surface area contributed by atoms with E-state index in [-0.39, 0.29) is 0 Å². The number of aromatic nitrogens is 3. The number of hydrogen-bond donors (Lipinski definition) is 0. The van der Waals surface area contributed by atoms with Crippen molar-refractivity contribution in [2.75, 3.05) is 19.6 Å². The van der Waals surface area contributed by atoms with Gasteiger partial charge < -0.3 is 9.47 Å². The molecule has 26 heavy (non-hydrogen) atoms. The number of nitrogens with zero attached hydrogens (tertiary/aromatic N) is 4. The van der Waals surface area contributed by atoms with E-state index in [4.69, 9.17) is 0 Å². The number of aryl methyl sites for hydroxylation is 1. The Balaban J connectivity index is 1.46. The van der Waals surface area contributed by atoms with Crippen molar-refractivity contribution >= 4 is 0 Å². The molecule has 0 radical (unpaired) electrons. The van der Waals surface area contributed by atoms with Gasteiger partial charge in [0.1, 0.15) is 12.2 Å². The van der Waals surface area contributed by atoms with Gasteiger partial charge in [0.15, 0.2) is 0 Å². The summed E-state index contributed by atoms with van der Waals surface area (Å²) in [6, 6.07) is 21.8. The van der Waals surface area contributed by atoms with Gasteiger partial charge in [0, 0.05) is 25.4 Å². The number of rotatable bonds is 5. The van der Waals surface area contributed by atoms with Crippen LogP contribution in [0.5, 0.6) is 0 Å². The summed E-state index contributed by atoms with van der Waals surface area (Å²) in [6.45, 7) is 3.31. The molecule has 0 aliphatic carbocycles.